The van der Waals surface area contributed by atoms with Gasteiger partial charge in [-0.15, -0.1) is 0 Å². The van der Waals surface area contributed by atoms with Crippen LogP contribution < -0.4 is 10.5 Å². The average Bonchev–Trinajstić information content (AvgIpc) is 2.68. The third kappa shape index (κ3) is 3.60. The van der Waals surface area contributed by atoms with E-state index >= 15 is 0 Å². The Hall–Kier alpha value is -2.15. The molecule has 1 aromatic carbocycles. The van der Waals surface area contributed by atoms with Crippen LogP contribution in [0.3, 0.4) is 0 Å². The number of benzene rings is 1. The van der Waals surface area contributed by atoms with Gasteiger partial charge in [0.25, 0.3) is 5.56 Å². The lowest BCUT2D eigenvalue weighted by molar-refractivity contribution is 0.247. The Kier molecular flexibility index (Phi) is 5.27. The molecule has 8 heteroatoms. The van der Waals surface area contributed by atoms with Crippen molar-refractivity contribution in [1.82, 2.24) is 14.5 Å². The maximum atomic E-state index is 14.1. The van der Waals surface area contributed by atoms with E-state index in [-0.39, 0.29) is 11.4 Å². The zero-order valence-corrected chi connectivity index (χ0v) is 16.8. The van der Waals surface area contributed by atoms with Crippen LogP contribution in [-0.2, 0) is 13.6 Å². The summed E-state index contributed by atoms with van der Waals surface area (Å²) in [6, 6.07) is 9.85. The second kappa shape index (κ2) is 7.70. The number of pyridine rings is 2. The standard InChI is InChI=1S/C20H19Cl2FN4O/c1-25-16-5-6-18(22)24-20(16)17(11-19(25)28)27-9-7-26(8-10-27)12-13-14(21)3-2-4-15(13)23/h2-6,11H,7-10,12H2,1H3. The molecule has 5 nitrogen and oxygen atoms in total. The molecule has 0 bridgehead atoms. The first-order valence-electron chi connectivity index (χ1n) is 9.00. The van der Waals surface area contributed by atoms with E-state index in [2.05, 4.69) is 14.8 Å². The molecule has 3 heterocycles. The number of hydrogen-bond donors (Lipinski definition) is 0. The molecule has 1 aliphatic rings. The number of aryl methyl sites for hydroxylation is 1. The van der Waals surface area contributed by atoms with Gasteiger partial charge in [0.1, 0.15) is 16.5 Å². The lowest BCUT2D eigenvalue weighted by atomic mass is 10.1. The van der Waals surface area contributed by atoms with Gasteiger partial charge in [-0.1, -0.05) is 29.3 Å². The largest absolute Gasteiger partial charge is 0.367 e. The first kappa shape index (κ1) is 19.2. The van der Waals surface area contributed by atoms with Gasteiger partial charge < -0.3 is 9.47 Å². The van der Waals surface area contributed by atoms with Crippen molar-refractivity contribution in [2.45, 2.75) is 6.54 Å². The molecule has 2 aromatic heterocycles. The van der Waals surface area contributed by atoms with Crippen LogP contribution in [0.5, 0.6) is 0 Å². The minimum atomic E-state index is -0.286. The summed E-state index contributed by atoms with van der Waals surface area (Å²) in [5.41, 5.74) is 2.66. The van der Waals surface area contributed by atoms with E-state index in [1.807, 2.05) is 6.07 Å². The van der Waals surface area contributed by atoms with Crippen molar-refractivity contribution in [3.63, 3.8) is 0 Å². The molecule has 3 aromatic rings. The Labute approximate surface area is 171 Å². The minimum Gasteiger partial charge on any atom is -0.367 e. The molecular formula is C20H19Cl2FN4O. The second-order valence-electron chi connectivity index (χ2n) is 6.89. The summed E-state index contributed by atoms with van der Waals surface area (Å²) in [4.78, 5) is 21.1. The number of hydrogen-bond acceptors (Lipinski definition) is 4. The summed E-state index contributed by atoms with van der Waals surface area (Å²) in [5, 5.41) is 0.832. The summed E-state index contributed by atoms with van der Waals surface area (Å²) in [7, 11) is 1.72. The molecule has 1 aliphatic heterocycles. The van der Waals surface area contributed by atoms with Crippen LogP contribution in [0.2, 0.25) is 10.2 Å². The van der Waals surface area contributed by atoms with Crippen molar-refractivity contribution in [2.24, 2.45) is 7.05 Å². The van der Waals surface area contributed by atoms with Gasteiger partial charge in [-0.05, 0) is 24.3 Å². The summed E-state index contributed by atoms with van der Waals surface area (Å²) >= 11 is 12.2. The Bertz CT molecular complexity index is 1070. The van der Waals surface area contributed by atoms with Crippen LogP contribution >= 0.6 is 23.2 Å². The van der Waals surface area contributed by atoms with Gasteiger partial charge in [0.15, 0.2) is 0 Å². The molecule has 0 spiro atoms. The highest BCUT2D eigenvalue weighted by molar-refractivity contribution is 6.31. The second-order valence-corrected chi connectivity index (χ2v) is 7.69. The van der Waals surface area contributed by atoms with Crippen LogP contribution in [0, 0.1) is 5.82 Å². The molecular weight excluding hydrogens is 402 g/mol. The lowest BCUT2D eigenvalue weighted by Gasteiger charge is -2.36. The maximum absolute atomic E-state index is 14.1. The van der Waals surface area contributed by atoms with E-state index in [9.17, 15) is 9.18 Å². The van der Waals surface area contributed by atoms with Crippen molar-refractivity contribution in [3.8, 4) is 0 Å². The predicted octanol–water partition coefficient (Wildman–Crippen LogP) is 3.70. The van der Waals surface area contributed by atoms with Crippen LogP contribution in [0.1, 0.15) is 5.56 Å². The normalized spacial score (nSPS) is 15.4. The van der Waals surface area contributed by atoms with Gasteiger partial charge in [0.05, 0.1) is 11.2 Å². The molecule has 0 unspecified atom stereocenters. The Morgan fingerprint density at radius 1 is 1.11 bits per heavy atom. The Balaban J connectivity index is 1.57. The molecule has 1 saturated heterocycles. The summed E-state index contributed by atoms with van der Waals surface area (Å²) in [5.74, 6) is -0.286. The van der Waals surface area contributed by atoms with Crippen molar-refractivity contribution < 1.29 is 4.39 Å². The minimum absolute atomic E-state index is 0.0906. The van der Waals surface area contributed by atoms with Gasteiger partial charge >= 0.3 is 0 Å². The number of aromatic nitrogens is 2. The number of anilines is 1. The molecule has 0 radical (unpaired) electrons. The summed E-state index contributed by atoms with van der Waals surface area (Å²) in [6.45, 7) is 3.30. The summed E-state index contributed by atoms with van der Waals surface area (Å²) in [6.07, 6.45) is 0. The van der Waals surface area contributed by atoms with Crippen LogP contribution in [0.15, 0.2) is 41.2 Å². The topological polar surface area (TPSA) is 41.4 Å². The number of piperazine rings is 1. The fraction of sp³-hybridized carbons (Fsp3) is 0.300. The fourth-order valence-corrected chi connectivity index (χ4v) is 3.95. The third-order valence-corrected chi connectivity index (χ3v) is 5.76. The van der Waals surface area contributed by atoms with Crippen LogP contribution in [0.25, 0.3) is 11.0 Å². The molecule has 0 aliphatic carbocycles. The van der Waals surface area contributed by atoms with Gasteiger partial charge in [0.2, 0.25) is 0 Å². The van der Waals surface area contributed by atoms with Gasteiger partial charge in [-0.2, -0.15) is 0 Å². The van der Waals surface area contributed by atoms with E-state index in [1.54, 1.807) is 35.9 Å². The molecule has 0 atom stereocenters. The first-order chi connectivity index (χ1) is 13.4. The van der Waals surface area contributed by atoms with Gasteiger partial charge in [-0.3, -0.25) is 9.69 Å². The zero-order valence-electron chi connectivity index (χ0n) is 15.3. The average molecular weight is 421 g/mol. The van der Waals surface area contributed by atoms with E-state index in [1.165, 1.54) is 6.07 Å². The van der Waals surface area contributed by atoms with Crippen molar-refractivity contribution in [3.05, 3.63) is 68.3 Å². The van der Waals surface area contributed by atoms with E-state index in [4.69, 9.17) is 23.2 Å². The number of rotatable bonds is 3. The van der Waals surface area contributed by atoms with Crippen molar-refractivity contribution >= 4 is 39.9 Å². The van der Waals surface area contributed by atoms with Crippen LogP contribution in [0.4, 0.5) is 10.1 Å². The third-order valence-electron chi connectivity index (χ3n) is 5.19. The van der Waals surface area contributed by atoms with Crippen molar-refractivity contribution in [2.75, 3.05) is 31.1 Å². The van der Waals surface area contributed by atoms with Gasteiger partial charge in [-0.25, -0.2) is 9.37 Å². The molecule has 1 fully saturated rings. The monoisotopic (exact) mass is 420 g/mol. The molecule has 28 heavy (non-hydrogen) atoms. The Morgan fingerprint density at radius 3 is 2.57 bits per heavy atom. The highest BCUT2D eigenvalue weighted by Gasteiger charge is 2.22. The predicted molar refractivity (Wildman–Crippen MR) is 111 cm³/mol. The number of nitrogens with zero attached hydrogens (tertiary/aromatic N) is 4. The zero-order chi connectivity index (χ0) is 19.8. The highest BCUT2D eigenvalue weighted by atomic mass is 35.5. The van der Waals surface area contributed by atoms with Crippen molar-refractivity contribution in [1.29, 1.82) is 0 Å². The van der Waals surface area contributed by atoms with Gasteiger partial charge in [0, 0.05) is 56.4 Å². The molecule has 4 rings (SSSR count). The maximum Gasteiger partial charge on any atom is 0.252 e. The van der Waals surface area contributed by atoms with Crippen LogP contribution in [-0.4, -0.2) is 40.6 Å². The SMILES string of the molecule is Cn1c(=O)cc(N2CCN(Cc3c(F)cccc3Cl)CC2)c2nc(Cl)ccc21. The molecule has 0 N–H and O–H groups in total. The number of fused-ring (bicyclic) bond motifs is 1. The quantitative estimate of drug-likeness (QED) is 0.605. The number of halogens is 3. The Morgan fingerprint density at radius 2 is 1.86 bits per heavy atom. The van der Waals surface area contributed by atoms with E-state index in [0.29, 0.717) is 40.9 Å². The molecule has 146 valence electrons. The van der Waals surface area contributed by atoms with E-state index < -0.39 is 0 Å². The summed E-state index contributed by atoms with van der Waals surface area (Å²) < 4.78 is 15.6. The molecule has 0 amide bonds. The van der Waals surface area contributed by atoms with E-state index in [0.717, 1.165) is 24.3 Å². The smallest absolute Gasteiger partial charge is 0.252 e. The highest BCUT2D eigenvalue weighted by Crippen LogP contribution is 2.27. The first-order valence-corrected chi connectivity index (χ1v) is 9.76. The lowest BCUT2D eigenvalue weighted by Crippen LogP contribution is -2.46. The fourth-order valence-electron chi connectivity index (χ4n) is 3.58. The molecule has 0 saturated carbocycles.